The van der Waals surface area contributed by atoms with Crippen molar-refractivity contribution in [3.05, 3.63) is 50.7 Å². The lowest BCUT2D eigenvalue weighted by molar-refractivity contribution is -0.385. The monoisotopic (exact) mass is 267 g/mol. The maximum Gasteiger partial charge on any atom is 0.272 e. The Morgan fingerprint density at radius 1 is 1.50 bits per heavy atom. The number of aromatic nitrogens is 1. The zero-order chi connectivity index (χ0) is 13.0. The van der Waals surface area contributed by atoms with E-state index in [2.05, 4.69) is 10.3 Å². The Labute approximate surface area is 106 Å². The molecule has 7 heteroatoms. The second-order valence-corrected chi connectivity index (χ2v) is 4.50. The molecule has 2 aromatic rings. The Morgan fingerprint density at radius 3 is 2.94 bits per heavy atom. The van der Waals surface area contributed by atoms with E-state index in [1.165, 1.54) is 23.5 Å². The highest BCUT2D eigenvalue weighted by Crippen LogP contribution is 2.20. The van der Waals surface area contributed by atoms with Crippen LogP contribution in [0.5, 0.6) is 0 Å². The topological polar surface area (TPSA) is 68.1 Å². The van der Waals surface area contributed by atoms with Gasteiger partial charge in [-0.15, -0.1) is 11.3 Å². The third-order valence-electron chi connectivity index (χ3n) is 2.30. The second-order valence-electron chi connectivity index (χ2n) is 3.52. The number of non-ortho nitro benzene ring substituents is 1. The smallest absolute Gasteiger partial charge is 0.272 e. The van der Waals surface area contributed by atoms with Crippen molar-refractivity contribution in [1.82, 2.24) is 4.98 Å². The first-order valence-electron chi connectivity index (χ1n) is 5.23. The van der Waals surface area contributed by atoms with E-state index in [1.54, 1.807) is 6.20 Å². The molecular weight excluding hydrogens is 257 g/mol. The van der Waals surface area contributed by atoms with Crippen LogP contribution >= 0.6 is 11.3 Å². The summed E-state index contributed by atoms with van der Waals surface area (Å²) in [5.74, 6) is -0.622. The van der Waals surface area contributed by atoms with E-state index in [9.17, 15) is 14.5 Å². The summed E-state index contributed by atoms with van der Waals surface area (Å²) >= 11 is 1.53. The van der Waals surface area contributed by atoms with Crippen molar-refractivity contribution in [3.8, 4) is 0 Å². The largest absolute Gasteiger partial charge is 0.382 e. The summed E-state index contributed by atoms with van der Waals surface area (Å²) in [6.45, 7) is 0.530. The Morgan fingerprint density at radius 2 is 2.33 bits per heavy atom. The van der Waals surface area contributed by atoms with E-state index < -0.39 is 10.7 Å². The average Bonchev–Trinajstić information content (AvgIpc) is 2.84. The number of hydrogen-bond acceptors (Lipinski definition) is 5. The molecule has 0 amide bonds. The fraction of sp³-hybridized carbons (Fsp3) is 0.182. The minimum atomic E-state index is -0.623. The molecule has 0 aliphatic heterocycles. The first-order valence-corrected chi connectivity index (χ1v) is 6.11. The third-order valence-corrected chi connectivity index (χ3v) is 3.14. The van der Waals surface area contributed by atoms with Crippen LogP contribution in [0.15, 0.2) is 29.8 Å². The van der Waals surface area contributed by atoms with Crippen LogP contribution in [0.2, 0.25) is 0 Å². The van der Waals surface area contributed by atoms with Gasteiger partial charge in [-0.3, -0.25) is 10.1 Å². The van der Waals surface area contributed by atoms with Crippen molar-refractivity contribution in [2.75, 3.05) is 11.9 Å². The Balaban J connectivity index is 1.95. The van der Waals surface area contributed by atoms with E-state index in [0.29, 0.717) is 13.0 Å². The van der Waals surface area contributed by atoms with Gasteiger partial charge in [0.2, 0.25) is 0 Å². The van der Waals surface area contributed by atoms with Gasteiger partial charge in [-0.2, -0.15) is 0 Å². The summed E-state index contributed by atoms with van der Waals surface area (Å²) < 4.78 is 13.5. The lowest BCUT2D eigenvalue weighted by Gasteiger charge is -2.05. The van der Waals surface area contributed by atoms with Crippen molar-refractivity contribution in [3.63, 3.8) is 0 Å². The lowest BCUT2D eigenvalue weighted by atomic mass is 10.2. The normalized spacial score (nSPS) is 10.3. The number of nitrogens with one attached hydrogen (secondary N) is 1. The molecule has 0 radical (unpaired) electrons. The van der Waals surface area contributed by atoms with Crippen LogP contribution in [0.4, 0.5) is 15.8 Å². The van der Waals surface area contributed by atoms with Crippen molar-refractivity contribution in [2.45, 2.75) is 6.42 Å². The highest BCUT2D eigenvalue weighted by atomic mass is 32.1. The number of halogens is 1. The molecule has 2 rings (SSSR count). The van der Waals surface area contributed by atoms with Gasteiger partial charge in [0.05, 0.1) is 21.7 Å². The molecule has 18 heavy (non-hydrogen) atoms. The molecule has 0 unspecified atom stereocenters. The molecule has 0 spiro atoms. The molecule has 0 bridgehead atoms. The molecule has 0 aliphatic rings. The lowest BCUT2D eigenvalue weighted by Crippen LogP contribution is -2.06. The number of hydrogen-bond donors (Lipinski definition) is 1. The van der Waals surface area contributed by atoms with E-state index in [4.69, 9.17) is 0 Å². The van der Waals surface area contributed by atoms with Gasteiger partial charge < -0.3 is 5.32 Å². The third kappa shape index (κ3) is 3.01. The molecule has 1 N–H and O–H groups in total. The highest BCUT2D eigenvalue weighted by molar-refractivity contribution is 7.09. The molecule has 1 aromatic carbocycles. The Bertz CT molecular complexity index is 545. The molecule has 5 nitrogen and oxygen atoms in total. The van der Waals surface area contributed by atoms with E-state index >= 15 is 0 Å². The summed E-state index contributed by atoms with van der Waals surface area (Å²) in [4.78, 5) is 13.9. The van der Waals surface area contributed by atoms with Crippen LogP contribution in [-0.2, 0) is 6.42 Å². The van der Waals surface area contributed by atoms with Gasteiger partial charge in [0.15, 0.2) is 5.82 Å². The van der Waals surface area contributed by atoms with Gasteiger partial charge >= 0.3 is 0 Å². The number of benzene rings is 1. The fourth-order valence-electron chi connectivity index (χ4n) is 1.44. The van der Waals surface area contributed by atoms with Crippen LogP contribution in [0.1, 0.15) is 5.01 Å². The van der Waals surface area contributed by atoms with Gasteiger partial charge in [0.25, 0.3) is 5.69 Å². The van der Waals surface area contributed by atoms with E-state index in [1.807, 2.05) is 5.38 Å². The molecule has 1 aromatic heterocycles. The second kappa shape index (κ2) is 5.54. The SMILES string of the molecule is O=[N+]([O-])c1ccc(NCCc2nccs2)c(F)c1. The first kappa shape index (κ1) is 12.4. The molecule has 1 heterocycles. The first-order chi connectivity index (χ1) is 8.66. The van der Waals surface area contributed by atoms with E-state index in [0.717, 1.165) is 11.1 Å². The van der Waals surface area contributed by atoms with Crippen LogP contribution in [0, 0.1) is 15.9 Å². The summed E-state index contributed by atoms with van der Waals surface area (Å²) in [6.07, 6.45) is 2.40. The standard InChI is InChI=1S/C11H10FN3O2S/c12-9-7-8(15(16)17)1-2-10(9)13-4-3-11-14-5-6-18-11/h1-2,5-7,13H,3-4H2. The maximum atomic E-state index is 13.5. The van der Waals surface area contributed by atoms with Gasteiger partial charge in [-0.05, 0) is 6.07 Å². The van der Waals surface area contributed by atoms with Crippen molar-refractivity contribution in [2.24, 2.45) is 0 Å². The number of nitro benzene ring substituents is 1. The van der Waals surface area contributed by atoms with Crippen LogP contribution < -0.4 is 5.32 Å². The molecule has 0 atom stereocenters. The highest BCUT2D eigenvalue weighted by Gasteiger charge is 2.10. The molecule has 94 valence electrons. The van der Waals surface area contributed by atoms with Crippen LogP contribution in [-0.4, -0.2) is 16.5 Å². The van der Waals surface area contributed by atoms with Gasteiger partial charge in [-0.1, -0.05) is 0 Å². The number of nitro groups is 1. The van der Waals surface area contributed by atoms with E-state index in [-0.39, 0.29) is 11.4 Å². The minimum absolute atomic E-state index is 0.252. The Hall–Kier alpha value is -2.02. The summed E-state index contributed by atoms with van der Waals surface area (Å²) in [7, 11) is 0. The molecule has 0 fully saturated rings. The van der Waals surface area contributed by atoms with Gasteiger partial charge in [0.1, 0.15) is 0 Å². The van der Waals surface area contributed by atoms with Gasteiger partial charge in [-0.25, -0.2) is 9.37 Å². The number of rotatable bonds is 5. The zero-order valence-electron chi connectivity index (χ0n) is 9.30. The van der Waals surface area contributed by atoms with Crippen LogP contribution in [0.25, 0.3) is 0 Å². The maximum absolute atomic E-state index is 13.5. The number of anilines is 1. The Kier molecular flexibility index (Phi) is 3.83. The predicted octanol–water partition coefficient (Wildman–Crippen LogP) is 2.85. The number of nitrogens with zero attached hydrogens (tertiary/aromatic N) is 2. The summed E-state index contributed by atoms with van der Waals surface area (Å²) in [5.41, 5.74) is 0.00938. The quantitative estimate of drug-likeness (QED) is 0.668. The summed E-state index contributed by atoms with van der Waals surface area (Å²) in [5, 5.41) is 16.2. The van der Waals surface area contributed by atoms with Crippen LogP contribution in [0.3, 0.4) is 0 Å². The minimum Gasteiger partial charge on any atom is -0.382 e. The predicted molar refractivity (Wildman–Crippen MR) is 67.4 cm³/mol. The molecular formula is C11H10FN3O2S. The fourth-order valence-corrected chi connectivity index (χ4v) is 2.06. The number of thiazole rings is 1. The van der Waals surface area contributed by atoms with Gasteiger partial charge in [0, 0.05) is 30.6 Å². The average molecular weight is 267 g/mol. The molecule has 0 saturated carbocycles. The molecule has 0 aliphatic carbocycles. The summed E-state index contributed by atoms with van der Waals surface area (Å²) in [6, 6.07) is 3.55. The van der Waals surface area contributed by atoms with Crippen molar-refractivity contribution < 1.29 is 9.31 Å². The van der Waals surface area contributed by atoms with Crippen molar-refractivity contribution in [1.29, 1.82) is 0 Å². The zero-order valence-corrected chi connectivity index (χ0v) is 10.1. The molecule has 0 saturated heterocycles. The van der Waals surface area contributed by atoms with Crippen molar-refractivity contribution >= 4 is 22.7 Å².